The second-order valence-corrected chi connectivity index (χ2v) is 5.39. The quantitative estimate of drug-likeness (QED) is 0.402. The summed E-state index contributed by atoms with van der Waals surface area (Å²) in [4.78, 5) is 9.98. The molecule has 9 heteroatoms. The lowest BCUT2D eigenvalue weighted by atomic mass is 10.2. The minimum Gasteiger partial charge on any atom is -0.401 e. The van der Waals surface area contributed by atoms with Gasteiger partial charge < -0.3 is 4.42 Å². The summed E-state index contributed by atoms with van der Waals surface area (Å²) in [6.45, 7) is 1.98. The Morgan fingerprint density at radius 3 is 2.87 bits per heavy atom. The average molecular weight is 329 g/mol. The first-order valence-electron chi connectivity index (χ1n) is 6.57. The average Bonchev–Trinajstić information content (AvgIpc) is 3.17. The summed E-state index contributed by atoms with van der Waals surface area (Å²) in [5.74, 6) is 0.0958. The molecule has 0 atom stereocenters. The Kier molecular flexibility index (Phi) is 4.20. The Labute approximate surface area is 135 Å². The number of aromatic nitrogens is 4. The molecule has 0 saturated carbocycles. The van der Waals surface area contributed by atoms with E-state index in [9.17, 15) is 10.1 Å². The van der Waals surface area contributed by atoms with Gasteiger partial charge >= 0.3 is 5.88 Å². The smallest absolute Gasteiger partial charge is 0.401 e. The molecule has 116 valence electrons. The molecule has 0 N–H and O–H groups in total. The van der Waals surface area contributed by atoms with Crippen LogP contribution < -0.4 is 0 Å². The van der Waals surface area contributed by atoms with E-state index in [0.29, 0.717) is 10.9 Å². The van der Waals surface area contributed by atoms with Crippen molar-refractivity contribution in [3.63, 3.8) is 0 Å². The van der Waals surface area contributed by atoms with Crippen LogP contribution in [0.1, 0.15) is 11.3 Å². The molecular formula is C14H11N5O3S. The van der Waals surface area contributed by atoms with E-state index in [1.165, 1.54) is 23.9 Å². The number of benzene rings is 1. The van der Waals surface area contributed by atoms with E-state index in [1.807, 2.05) is 31.2 Å². The van der Waals surface area contributed by atoms with Crippen molar-refractivity contribution in [1.82, 2.24) is 20.2 Å². The normalized spacial score (nSPS) is 11.2. The van der Waals surface area contributed by atoms with Gasteiger partial charge in [0.1, 0.15) is 10.7 Å². The number of hydrogen-bond donors (Lipinski definition) is 0. The fraction of sp³-hybridized carbons (Fsp3) is 0.0714. The molecule has 0 fully saturated rings. The van der Waals surface area contributed by atoms with Gasteiger partial charge in [0, 0.05) is 0 Å². The Balaban J connectivity index is 1.77. The molecule has 0 bridgehead atoms. The number of rotatable bonds is 5. The van der Waals surface area contributed by atoms with Gasteiger partial charge in [-0.05, 0) is 46.5 Å². The van der Waals surface area contributed by atoms with E-state index in [4.69, 9.17) is 4.42 Å². The molecule has 0 radical (unpaired) electrons. The van der Waals surface area contributed by atoms with Crippen LogP contribution in [-0.4, -0.2) is 25.1 Å². The van der Waals surface area contributed by atoms with Gasteiger partial charge in [-0.1, -0.05) is 30.0 Å². The summed E-state index contributed by atoms with van der Waals surface area (Å²) in [6, 6.07) is 10.6. The monoisotopic (exact) mass is 329 g/mol. The van der Waals surface area contributed by atoms with Crippen molar-refractivity contribution in [2.24, 2.45) is 0 Å². The van der Waals surface area contributed by atoms with E-state index < -0.39 is 4.92 Å². The lowest BCUT2D eigenvalue weighted by Crippen LogP contribution is -2.00. The summed E-state index contributed by atoms with van der Waals surface area (Å²) in [5, 5.41) is 24.5. The molecule has 0 aliphatic rings. The number of nitrogens with zero attached hydrogens (tertiary/aromatic N) is 5. The van der Waals surface area contributed by atoms with Gasteiger partial charge in [0.05, 0.1) is 11.8 Å². The Bertz CT molecular complexity index is 871. The second kappa shape index (κ2) is 6.44. The van der Waals surface area contributed by atoms with Crippen LogP contribution in [0.15, 0.2) is 51.4 Å². The van der Waals surface area contributed by atoms with E-state index in [0.717, 1.165) is 11.3 Å². The highest BCUT2D eigenvalue weighted by Crippen LogP contribution is 2.23. The van der Waals surface area contributed by atoms with Crippen LogP contribution in [0.4, 0.5) is 5.88 Å². The topological polar surface area (TPSA) is 99.9 Å². The number of thioether (sulfide) groups is 1. The highest BCUT2D eigenvalue weighted by Gasteiger charge is 2.11. The SMILES string of the molecule is Cc1ccccc1-n1nnnc1S/C=C/c1ccc([N+](=O)[O-])o1. The molecule has 3 rings (SSSR count). The molecule has 0 spiro atoms. The van der Waals surface area contributed by atoms with E-state index in [-0.39, 0.29) is 5.88 Å². The minimum absolute atomic E-state index is 0.292. The van der Waals surface area contributed by atoms with Crippen molar-refractivity contribution in [2.45, 2.75) is 12.1 Å². The van der Waals surface area contributed by atoms with E-state index in [2.05, 4.69) is 15.5 Å². The summed E-state index contributed by atoms with van der Waals surface area (Å²) < 4.78 is 6.67. The van der Waals surface area contributed by atoms with Gasteiger partial charge in [-0.15, -0.1) is 5.10 Å². The number of hydrogen-bond acceptors (Lipinski definition) is 7. The zero-order valence-corrected chi connectivity index (χ0v) is 12.8. The number of para-hydroxylation sites is 1. The van der Waals surface area contributed by atoms with Crippen LogP contribution in [0.5, 0.6) is 0 Å². The Hall–Kier alpha value is -2.94. The minimum atomic E-state index is -0.580. The van der Waals surface area contributed by atoms with Gasteiger partial charge in [-0.2, -0.15) is 4.68 Å². The molecule has 0 saturated heterocycles. The molecule has 1 aromatic carbocycles. The van der Waals surface area contributed by atoms with Crippen LogP contribution in [0, 0.1) is 17.0 Å². The highest BCUT2D eigenvalue weighted by atomic mass is 32.2. The predicted molar refractivity (Wildman–Crippen MR) is 84.1 cm³/mol. The fourth-order valence-electron chi connectivity index (χ4n) is 1.90. The standard InChI is InChI=1S/C14H11N5O3S/c1-10-4-2-3-5-12(10)18-14(15-16-17-18)23-9-8-11-6-7-13(22-11)19(20)21/h2-9H,1H3/b9-8+. The van der Waals surface area contributed by atoms with E-state index in [1.54, 1.807) is 16.2 Å². The maximum Gasteiger partial charge on any atom is 0.433 e. The molecule has 8 nitrogen and oxygen atoms in total. The van der Waals surface area contributed by atoms with Crippen LogP contribution in [0.2, 0.25) is 0 Å². The van der Waals surface area contributed by atoms with Crippen LogP contribution in [0.3, 0.4) is 0 Å². The second-order valence-electron chi connectivity index (χ2n) is 4.51. The van der Waals surface area contributed by atoms with Gasteiger partial charge in [0.25, 0.3) is 0 Å². The summed E-state index contributed by atoms with van der Waals surface area (Å²) in [5.41, 5.74) is 1.94. The summed E-state index contributed by atoms with van der Waals surface area (Å²) in [6.07, 6.45) is 1.62. The third-order valence-corrected chi connectivity index (χ3v) is 3.72. The van der Waals surface area contributed by atoms with Crippen LogP contribution in [-0.2, 0) is 0 Å². The van der Waals surface area contributed by atoms with Gasteiger partial charge in [-0.3, -0.25) is 10.1 Å². The number of tetrazole rings is 1. The molecule has 0 unspecified atom stereocenters. The first-order chi connectivity index (χ1) is 11.1. The summed E-state index contributed by atoms with van der Waals surface area (Å²) in [7, 11) is 0. The molecule has 2 aromatic heterocycles. The first kappa shape index (κ1) is 15.0. The largest absolute Gasteiger partial charge is 0.433 e. The number of nitro groups is 1. The third-order valence-electron chi connectivity index (χ3n) is 2.98. The number of aryl methyl sites for hydroxylation is 1. The van der Waals surface area contributed by atoms with E-state index >= 15 is 0 Å². The zero-order chi connectivity index (χ0) is 16.2. The Morgan fingerprint density at radius 2 is 2.13 bits per heavy atom. The van der Waals surface area contributed by atoms with Crippen LogP contribution in [0.25, 0.3) is 11.8 Å². The molecule has 0 aliphatic carbocycles. The van der Waals surface area contributed by atoms with Crippen LogP contribution >= 0.6 is 11.8 Å². The first-order valence-corrected chi connectivity index (χ1v) is 7.45. The van der Waals surface area contributed by atoms with Crippen molar-refractivity contribution in [3.8, 4) is 5.69 Å². The molecule has 23 heavy (non-hydrogen) atoms. The van der Waals surface area contributed by atoms with Crippen molar-refractivity contribution < 1.29 is 9.34 Å². The maximum absolute atomic E-state index is 10.6. The van der Waals surface area contributed by atoms with Gasteiger partial charge in [-0.25, -0.2) is 0 Å². The molecule has 3 aromatic rings. The Morgan fingerprint density at radius 1 is 1.30 bits per heavy atom. The fourth-order valence-corrected chi connectivity index (χ4v) is 2.54. The van der Waals surface area contributed by atoms with Crippen molar-refractivity contribution >= 4 is 23.7 Å². The highest BCUT2D eigenvalue weighted by molar-refractivity contribution is 8.02. The molecule has 0 amide bonds. The third kappa shape index (κ3) is 3.29. The van der Waals surface area contributed by atoms with Gasteiger partial charge in [0.15, 0.2) is 0 Å². The molecular weight excluding hydrogens is 318 g/mol. The van der Waals surface area contributed by atoms with Gasteiger partial charge in [0.2, 0.25) is 5.16 Å². The number of furan rings is 1. The summed E-state index contributed by atoms with van der Waals surface area (Å²) >= 11 is 1.29. The molecule has 0 aliphatic heterocycles. The molecule has 2 heterocycles. The lowest BCUT2D eigenvalue weighted by Gasteiger charge is -2.05. The van der Waals surface area contributed by atoms with Crippen molar-refractivity contribution in [3.05, 3.63) is 63.2 Å². The maximum atomic E-state index is 10.6. The van der Waals surface area contributed by atoms with Crippen molar-refractivity contribution in [2.75, 3.05) is 0 Å². The van der Waals surface area contributed by atoms with Crippen molar-refractivity contribution in [1.29, 1.82) is 0 Å². The lowest BCUT2D eigenvalue weighted by molar-refractivity contribution is -0.402. The zero-order valence-electron chi connectivity index (χ0n) is 12.0. The predicted octanol–water partition coefficient (Wildman–Crippen LogP) is 3.23.